The minimum atomic E-state index is -0.938. The highest BCUT2D eigenvalue weighted by atomic mass is 16.5. The van der Waals surface area contributed by atoms with Gasteiger partial charge in [0, 0.05) is 22.3 Å². The van der Waals surface area contributed by atoms with E-state index in [9.17, 15) is 5.11 Å². The van der Waals surface area contributed by atoms with Crippen LogP contribution in [0.1, 0.15) is 50.9 Å². The zero-order valence-corrected chi connectivity index (χ0v) is 33.2. The Hall–Kier alpha value is -7.08. The number of fused-ring (bicyclic) bond motifs is 2. The van der Waals surface area contributed by atoms with Gasteiger partial charge in [0.1, 0.15) is 17.1 Å². The first-order valence-electron chi connectivity index (χ1n) is 19.8. The molecule has 0 spiro atoms. The van der Waals surface area contributed by atoms with E-state index in [2.05, 4.69) is 96.5 Å². The summed E-state index contributed by atoms with van der Waals surface area (Å²) < 4.78 is 17.9. The molecule has 0 aliphatic heterocycles. The molecule has 8 aromatic carbocycles. The Kier molecular flexibility index (Phi) is 11.8. The van der Waals surface area contributed by atoms with Crippen molar-refractivity contribution in [2.24, 2.45) is 0 Å². The van der Waals surface area contributed by atoms with Gasteiger partial charge in [-0.25, -0.2) is 0 Å². The summed E-state index contributed by atoms with van der Waals surface area (Å²) in [6.45, 7) is 0.316. The lowest BCUT2D eigenvalue weighted by atomic mass is 9.80. The topological polar surface area (TPSA) is 47.9 Å². The molecule has 0 fully saturated rings. The van der Waals surface area contributed by atoms with Gasteiger partial charge in [0.05, 0.1) is 26.9 Å². The number of benzene rings is 8. The van der Waals surface area contributed by atoms with Gasteiger partial charge >= 0.3 is 0 Å². The third-order valence-corrected chi connectivity index (χ3v) is 10.7. The van der Waals surface area contributed by atoms with E-state index in [0.29, 0.717) is 19.4 Å². The zero-order chi connectivity index (χ0) is 40.4. The molecule has 8 aromatic rings. The van der Waals surface area contributed by atoms with Crippen LogP contribution in [0.4, 0.5) is 0 Å². The van der Waals surface area contributed by atoms with E-state index in [0.717, 1.165) is 77.6 Å². The van der Waals surface area contributed by atoms with Crippen LogP contribution in [0.5, 0.6) is 11.5 Å². The predicted octanol–water partition coefficient (Wildman–Crippen LogP) is 11.1. The minimum Gasteiger partial charge on any atom is -0.497 e. The Bertz CT molecular complexity index is 2680. The number of hydrogen-bond acceptors (Lipinski definition) is 4. The standard InChI is InChI=1S/C55H44O4/c1-57-47-31-27-44(28-32-47)55(43-15-7-4-8-16-43,45-29-33-48(58-2)34-30-45)59-38-37-46(56)39-42-23-21-41(22-24-42)26-36-54-51-19-11-9-17-49(51)53(50-18-10-12-20-52(50)54)35-25-40-13-5-3-6-14-40/h3-24,27-34,46,56H,37-39H2,1-2H3. The number of aliphatic hydroxyl groups excluding tert-OH is 1. The van der Waals surface area contributed by atoms with Crippen molar-refractivity contribution in [1.82, 2.24) is 0 Å². The number of aliphatic hydroxyl groups is 1. The van der Waals surface area contributed by atoms with Crippen LogP contribution in [0.2, 0.25) is 0 Å². The van der Waals surface area contributed by atoms with Gasteiger partial charge < -0.3 is 19.3 Å². The van der Waals surface area contributed by atoms with Gasteiger partial charge in [-0.3, -0.25) is 0 Å². The number of methoxy groups -OCH3 is 2. The molecular weight excluding hydrogens is 725 g/mol. The van der Waals surface area contributed by atoms with Crippen molar-refractivity contribution in [2.75, 3.05) is 20.8 Å². The molecule has 0 radical (unpaired) electrons. The molecule has 59 heavy (non-hydrogen) atoms. The third kappa shape index (κ3) is 8.47. The van der Waals surface area contributed by atoms with Crippen LogP contribution < -0.4 is 9.47 Å². The van der Waals surface area contributed by atoms with Gasteiger partial charge in [-0.15, -0.1) is 0 Å². The van der Waals surface area contributed by atoms with Crippen molar-refractivity contribution in [2.45, 2.75) is 24.5 Å². The summed E-state index contributed by atoms with van der Waals surface area (Å²) in [6.07, 6.45) is 0.309. The molecule has 0 amide bonds. The molecule has 288 valence electrons. The van der Waals surface area contributed by atoms with Crippen LogP contribution in [-0.4, -0.2) is 32.0 Å². The molecule has 8 rings (SSSR count). The quantitative estimate of drug-likeness (QED) is 0.0809. The van der Waals surface area contributed by atoms with E-state index in [1.54, 1.807) is 14.2 Å². The third-order valence-electron chi connectivity index (χ3n) is 10.7. The maximum Gasteiger partial charge on any atom is 0.143 e. The second-order valence-corrected chi connectivity index (χ2v) is 14.4. The lowest BCUT2D eigenvalue weighted by molar-refractivity contribution is -0.00520. The van der Waals surface area contributed by atoms with Gasteiger partial charge in [-0.2, -0.15) is 0 Å². The molecule has 0 aliphatic rings. The average Bonchev–Trinajstić information content (AvgIpc) is 3.30. The largest absolute Gasteiger partial charge is 0.497 e. The van der Waals surface area contributed by atoms with E-state index < -0.39 is 11.7 Å². The number of hydrogen-bond donors (Lipinski definition) is 1. The first kappa shape index (κ1) is 38.8. The summed E-state index contributed by atoms with van der Waals surface area (Å²) in [5, 5.41) is 15.7. The van der Waals surface area contributed by atoms with Crippen LogP contribution in [0.15, 0.2) is 182 Å². The minimum absolute atomic E-state index is 0.316. The van der Waals surface area contributed by atoms with Crippen LogP contribution in [0, 0.1) is 23.7 Å². The molecule has 1 unspecified atom stereocenters. The molecule has 0 saturated heterocycles. The van der Waals surface area contributed by atoms with E-state index in [1.165, 1.54) is 0 Å². The van der Waals surface area contributed by atoms with Gasteiger partial charge in [0.25, 0.3) is 0 Å². The number of ether oxygens (including phenoxy) is 3. The van der Waals surface area contributed by atoms with Crippen LogP contribution in [-0.2, 0) is 16.8 Å². The first-order valence-corrected chi connectivity index (χ1v) is 19.8. The fourth-order valence-corrected chi connectivity index (χ4v) is 7.71. The summed E-state index contributed by atoms with van der Waals surface area (Å²) in [6, 6.07) is 61.2. The second kappa shape index (κ2) is 18.0. The van der Waals surface area contributed by atoms with E-state index >= 15 is 0 Å². The Morgan fingerprint density at radius 1 is 0.458 bits per heavy atom. The highest BCUT2D eigenvalue weighted by Crippen LogP contribution is 2.42. The maximum absolute atomic E-state index is 11.3. The van der Waals surface area contributed by atoms with E-state index in [4.69, 9.17) is 14.2 Å². The normalized spacial score (nSPS) is 11.6. The second-order valence-electron chi connectivity index (χ2n) is 14.4. The zero-order valence-electron chi connectivity index (χ0n) is 33.2. The van der Waals surface area contributed by atoms with Gasteiger partial charge in [-0.05, 0) is 105 Å². The molecule has 1 atom stereocenters. The summed E-state index contributed by atoms with van der Waals surface area (Å²) in [4.78, 5) is 0. The van der Waals surface area contributed by atoms with E-state index in [1.807, 2.05) is 109 Å². The van der Waals surface area contributed by atoms with Crippen molar-refractivity contribution >= 4 is 21.5 Å². The van der Waals surface area contributed by atoms with Crippen molar-refractivity contribution in [3.8, 4) is 35.2 Å². The Balaban J connectivity index is 1.01. The Morgan fingerprint density at radius 2 is 0.864 bits per heavy atom. The molecule has 4 heteroatoms. The van der Waals surface area contributed by atoms with Gasteiger partial charge in [0.15, 0.2) is 0 Å². The summed E-state index contributed by atoms with van der Waals surface area (Å²) in [7, 11) is 3.32. The van der Waals surface area contributed by atoms with Crippen LogP contribution in [0.3, 0.4) is 0 Å². The monoisotopic (exact) mass is 768 g/mol. The van der Waals surface area contributed by atoms with E-state index in [-0.39, 0.29) is 0 Å². The molecule has 0 aromatic heterocycles. The van der Waals surface area contributed by atoms with Crippen molar-refractivity contribution < 1.29 is 19.3 Å². The lowest BCUT2D eigenvalue weighted by Gasteiger charge is -2.36. The first-order chi connectivity index (χ1) is 29.1. The smallest absolute Gasteiger partial charge is 0.143 e. The highest BCUT2D eigenvalue weighted by molar-refractivity contribution is 6.09. The lowest BCUT2D eigenvalue weighted by Crippen LogP contribution is -2.34. The molecule has 0 saturated carbocycles. The molecule has 0 heterocycles. The van der Waals surface area contributed by atoms with Crippen molar-refractivity contribution in [1.29, 1.82) is 0 Å². The van der Waals surface area contributed by atoms with Crippen molar-refractivity contribution in [3.05, 3.63) is 226 Å². The Morgan fingerprint density at radius 3 is 1.32 bits per heavy atom. The molecule has 0 bridgehead atoms. The van der Waals surface area contributed by atoms with Gasteiger partial charge in [0.2, 0.25) is 0 Å². The SMILES string of the molecule is COc1ccc(C(OCCC(O)Cc2ccc(C#Cc3c4ccccc4c(C#Cc4ccccc4)c4ccccc34)cc2)(c2ccccc2)c2ccc(OC)cc2)cc1. The highest BCUT2D eigenvalue weighted by Gasteiger charge is 2.38. The van der Waals surface area contributed by atoms with Crippen molar-refractivity contribution in [3.63, 3.8) is 0 Å². The van der Waals surface area contributed by atoms with Gasteiger partial charge in [-0.1, -0.05) is 157 Å². The molecule has 4 nitrogen and oxygen atoms in total. The summed E-state index contributed by atoms with van der Waals surface area (Å²) in [5.74, 6) is 15.3. The summed E-state index contributed by atoms with van der Waals surface area (Å²) >= 11 is 0. The van der Waals surface area contributed by atoms with Crippen LogP contribution >= 0.6 is 0 Å². The fraction of sp³-hybridized carbons (Fsp3) is 0.127. The van der Waals surface area contributed by atoms with Crippen LogP contribution in [0.25, 0.3) is 21.5 Å². The Labute approximate surface area is 346 Å². The predicted molar refractivity (Wildman–Crippen MR) is 239 cm³/mol. The average molecular weight is 769 g/mol. The number of rotatable bonds is 11. The molecule has 0 aliphatic carbocycles. The molecule has 1 N–H and O–H groups in total. The fourth-order valence-electron chi connectivity index (χ4n) is 7.71. The summed E-state index contributed by atoms with van der Waals surface area (Å²) in [5.41, 5.74) is 6.85. The maximum atomic E-state index is 11.3. The molecular formula is C55H44O4.